The number of carbonyl (C=O) groups is 3. The molecular formula is C26H31N3O4. The van der Waals surface area contributed by atoms with Crippen LogP contribution in [0.3, 0.4) is 0 Å². The van der Waals surface area contributed by atoms with Crippen LogP contribution >= 0.6 is 0 Å². The standard InChI is InChI=1S/C26H31N3O4/c1-18-9-10-21(15-19(18)2)24(30)29-17-23-25(31)27(13-14-33-3)11-12-28(23)26(32)22(29)16-20-7-5-4-6-8-20/h4-10,15,22-23H,11-14,16-17H2,1-3H3/t22-,23-/m0/s1. The monoisotopic (exact) mass is 449 g/mol. The molecule has 2 aromatic rings. The molecule has 4 rings (SSSR count). The third-order valence-corrected chi connectivity index (χ3v) is 6.75. The maximum atomic E-state index is 13.7. The molecule has 2 aliphatic heterocycles. The lowest BCUT2D eigenvalue weighted by Crippen LogP contribution is -2.70. The molecule has 2 fully saturated rings. The highest BCUT2D eigenvalue weighted by Gasteiger charge is 2.48. The Morgan fingerprint density at radius 3 is 2.45 bits per heavy atom. The van der Waals surface area contributed by atoms with Crippen molar-refractivity contribution < 1.29 is 19.1 Å². The van der Waals surface area contributed by atoms with Crippen molar-refractivity contribution in [1.82, 2.24) is 14.7 Å². The number of fused-ring (bicyclic) bond motifs is 1. The Balaban J connectivity index is 1.66. The summed E-state index contributed by atoms with van der Waals surface area (Å²) in [5, 5.41) is 0. The van der Waals surface area contributed by atoms with Crippen LogP contribution < -0.4 is 0 Å². The number of aryl methyl sites for hydroxylation is 2. The number of methoxy groups -OCH3 is 1. The van der Waals surface area contributed by atoms with Gasteiger partial charge in [0, 0.05) is 38.7 Å². The lowest BCUT2D eigenvalue weighted by molar-refractivity contribution is -0.160. The Hall–Kier alpha value is -3.19. The Morgan fingerprint density at radius 2 is 1.76 bits per heavy atom. The topological polar surface area (TPSA) is 70.2 Å². The highest BCUT2D eigenvalue weighted by atomic mass is 16.5. The molecule has 0 spiro atoms. The summed E-state index contributed by atoms with van der Waals surface area (Å²) in [7, 11) is 1.60. The van der Waals surface area contributed by atoms with Gasteiger partial charge in [-0.2, -0.15) is 0 Å². The van der Waals surface area contributed by atoms with Crippen molar-refractivity contribution in [2.75, 3.05) is 39.9 Å². The second-order valence-electron chi connectivity index (χ2n) is 8.83. The van der Waals surface area contributed by atoms with E-state index in [0.29, 0.717) is 38.2 Å². The molecule has 0 N–H and O–H groups in total. The van der Waals surface area contributed by atoms with Crippen molar-refractivity contribution in [2.24, 2.45) is 0 Å². The number of benzene rings is 2. The molecule has 2 heterocycles. The van der Waals surface area contributed by atoms with Crippen molar-refractivity contribution >= 4 is 17.7 Å². The number of carbonyl (C=O) groups excluding carboxylic acids is 3. The Labute approximate surface area is 194 Å². The van der Waals surface area contributed by atoms with Gasteiger partial charge in [-0.15, -0.1) is 0 Å². The van der Waals surface area contributed by atoms with E-state index >= 15 is 0 Å². The summed E-state index contributed by atoms with van der Waals surface area (Å²) < 4.78 is 5.13. The highest BCUT2D eigenvalue weighted by Crippen LogP contribution is 2.26. The van der Waals surface area contributed by atoms with Gasteiger partial charge in [-0.1, -0.05) is 36.4 Å². The van der Waals surface area contributed by atoms with Crippen molar-refractivity contribution in [3.05, 3.63) is 70.8 Å². The van der Waals surface area contributed by atoms with Crippen LogP contribution in [0, 0.1) is 13.8 Å². The van der Waals surface area contributed by atoms with Crippen LogP contribution in [-0.4, -0.2) is 84.4 Å². The summed E-state index contributed by atoms with van der Waals surface area (Å²) in [6, 6.07) is 14.0. The number of hydrogen-bond acceptors (Lipinski definition) is 4. The number of rotatable bonds is 6. The van der Waals surface area contributed by atoms with E-state index in [9.17, 15) is 14.4 Å². The van der Waals surface area contributed by atoms with Crippen molar-refractivity contribution in [1.29, 1.82) is 0 Å². The molecule has 33 heavy (non-hydrogen) atoms. The number of amides is 3. The zero-order chi connectivity index (χ0) is 23.5. The van der Waals surface area contributed by atoms with E-state index in [-0.39, 0.29) is 24.3 Å². The van der Waals surface area contributed by atoms with Crippen LogP contribution in [0.1, 0.15) is 27.0 Å². The number of hydrogen-bond donors (Lipinski definition) is 0. The van der Waals surface area contributed by atoms with Gasteiger partial charge in [0.25, 0.3) is 5.91 Å². The Morgan fingerprint density at radius 1 is 1.00 bits per heavy atom. The second kappa shape index (κ2) is 9.75. The smallest absolute Gasteiger partial charge is 0.254 e. The van der Waals surface area contributed by atoms with Gasteiger partial charge in [0.2, 0.25) is 11.8 Å². The fourth-order valence-corrected chi connectivity index (χ4v) is 4.64. The molecule has 2 aliphatic rings. The first-order chi connectivity index (χ1) is 15.9. The zero-order valence-electron chi connectivity index (χ0n) is 19.5. The molecule has 0 aromatic heterocycles. The third kappa shape index (κ3) is 4.64. The summed E-state index contributed by atoms with van der Waals surface area (Å²) in [4.78, 5) is 45.5. The lowest BCUT2D eigenvalue weighted by Gasteiger charge is -2.49. The van der Waals surface area contributed by atoms with Crippen molar-refractivity contribution in [3.8, 4) is 0 Å². The van der Waals surface area contributed by atoms with Gasteiger partial charge in [0.1, 0.15) is 12.1 Å². The first-order valence-corrected chi connectivity index (χ1v) is 11.4. The first-order valence-electron chi connectivity index (χ1n) is 11.4. The summed E-state index contributed by atoms with van der Waals surface area (Å²) in [6.45, 7) is 6.02. The largest absolute Gasteiger partial charge is 0.383 e. The van der Waals surface area contributed by atoms with Gasteiger partial charge in [0.05, 0.1) is 13.2 Å². The summed E-state index contributed by atoms with van der Waals surface area (Å²) in [5.74, 6) is -0.497. The fraction of sp³-hybridized carbons (Fsp3) is 0.423. The van der Waals surface area contributed by atoms with Gasteiger partial charge >= 0.3 is 0 Å². The summed E-state index contributed by atoms with van der Waals surface area (Å²) in [5.41, 5.74) is 3.64. The maximum absolute atomic E-state index is 13.7. The van der Waals surface area contributed by atoms with E-state index in [0.717, 1.165) is 16.7 Å². The minimum absolute atomic E-state index is 0.123. The van der Waals surface area contributed by atoms with Crippen LogP contribution in [-0.2, 0) is 20.7 Å². The summed E-state index contributed by atoms with van der Waals surface area (Å²) >= 11 is 0. The van der Waals surface area contributed by atoms with Gasteiger partial charge in [-0.05, 0) is 42.7 Å². The normalized spacial score (nSPS) is 20.8. The molecule has 7 heteroatoms. The van der Waals surface area contributed by atoms with E-state index in [2.05, 4.69) is 0 Å². The van der Waals surface area contributed by atoms with Gasteiger partial charge in [0.15, 0.2) is 0 Å². The Kier molecular flexibility index (Phi) is 6.79. The molecule has 0 bridgehead atoms. The number of piperazine rings is 2. The molecule has 0 saturated carbocycles. The number of nitrogens with zero attached hydrogens (tertiary/aromatic N) is 3. The van der Waals surface area contributed by atoms with E-state index in [1.165, 1.54) is 0 Å². The van der Waals surface area contributed by atoms with Gasteiger partial charge < -0.3 is 19.4 Å². The second-order valence-corrected chi connectivity index (χ2v) is 8.83. The van der Waals surface area contributed by atoms with E-state index in [1.807, 2.05) is 56.3 Å². The number of ether oxygens (including phenoxy) is 1. The molecule has 2 aromatic carbocycles. The minimum Gasteiger partial charge on any atom is -0.383 e. The van der Waals surface area contributed by atoms with Crippen molar-refractivity contribution in [3.63, 3.8) is 0 Å². The first kappa shape index (κ1) is 23.0. The van der Waals surface area contributed by atoms with Crippen molar-refractivity contribution in [2.45, 2.75) is 32.4 Å². The quantitative estimate of drug-likeness (QED) is 0.677. The SMILES string of the molecule is COCCN1CCN2C(=O)[C@H](Cc3ccccc3)N(C(=O)c3ccc(C)c(C)c3)C[C@H]2C1=O. The van der Waals surface area contributed by atoms with E-state index < -0.39 is 12.1 Å². The van der Waals surface area contributed by atoms with E-state index in [4.69, 9.17) is 4.74 Å². The maximum Gasteiger partial charge on any atom is 0.254 e. The highest BCUT2D eigenvalue weighted by molar-refractivity contribution is 6.01. The molecule has 3 amide bonds. The minimum atomic E-state index is -0.661. The van der Waals surface area contributed by atoms with Crippen LogP contribution in [0.4, 0.5) is 0 Å². The molecule has 7 nitrogen and oxygen atoms in total. The van der Waals surface area contributed by atoms with Crippen LogP contribution in [0.5, 0.6) is 0 Å². The molecule has 0 radical (unpaired) electrons. The molecule has 174 valence electrons. The lowest BCUT2D eigenvalue weighted by atomic mass is 9.95. The van der Waals surface area contributed by atoms with Crippen LogP contribution in [0.15, 0.2) is 48.5 Å². The van der Waals surface area contributed by atoms with Crippen LogP contribution in [0.2, 0.25) is 0 Å². The molecule has 0 unspecified atom stereocenters. The van der Waals surface area contributed by atoms with Crippen LogP contribution in [0.25, 0.3) is 0 Å². The average molecular weight is 450 g/mol. The predicted octanol–water partition coefficient (Wildman–Crippen LogP) is 2.06. The zero-order valence-corrected chi connectivity index (χ0v) is 19.5. The summed E-state index contributed by atoms with van der Waals surface area (Å²) in [6.07, 6.45) is 0.418. The Bertz CT molecular complexity index is 1040. The van der Waals surface area contributed by atoms with E-state index in [1.54, 1.807) is 27.9 Å². The average Bonchev–Trinajstić information content (AvgIpc) is 2.82. The molecule has 2 saturated heterocycles. The van der Waals surface area contributed by atoms with Gasteiger partial charge in [-0.3, -0.25) is 14.4 Å². The third-order valence-electron chi connectivity index (χ3n) is 6.75. The predicted molar refractivity (Wildman–Crippen MR) is 125 cm³/mol. The van der Waals surface area contributed by atoms with Gasteiger partial charge in [-0.25, -0.2) is 0 Å². The molecule has 0 aliphatic carbocycles. The molecule has 2 atom stereocenters. The molecular weight excluding hydrogens is 418 g/mol. The fourth-order valence-electron chi connectivity index (χ4n) is 4.64.